The molecule has 0 amide bonds. The molecule has 2 N–H and O–H groups in total. The molecule has 1 fully saturated rings. The second-order valence-corrected chi connectivity index (χ2v) is 5.87. The Labute approximate surface area is 117 Å². The summed E-state index contributed by atoms with van der Waals surface area (Å²) < 4.78 is 0. The molecule has 0 radical (unpaired) electrons. The first-order valence-electron chi connectivity index (χ1n) is 6.59. The molecular weight excluding hydrogens is 260 g/mol. The van der Waals surface area contributed by atoms with E-state index >= 15 is 0 Å². The van der Waals surface area contributed by atoms with Crippen LogP contribution in [0.15, 0.2) is 18.2 Å². The van der Waals surface area contributed by atoms with Crippen molar-refractivity contribution in [2.75, 3.05) is 5.32 Å². The molecule has 6 heteroatoms. The average Bonchev–Trinajstić information content (AvgIpc) is 2.68. The first-order valence-corrected chi connectivity index (χ1v) is 6.59. The predicted octanol–water partition coefficient (Wildman–Crippen LogP) is 3.28. The van der Waals surface area contributed by atoms with Gasteiger partial charge in [-0.1, -0.05) is 20.3 Å². The van der Waals surface area contributed by atoms with Gasteiger partial charge in [0.15, 0.2) is 0 Å². The molecule has 0 aliphatic heterocycles. The number of carboxylic acid groups (broad SMARTS) is 1. The van der Waals surface area contributed by atoms with Crippen molar-refractivity contribution in [2.45, 2.75) is 39.2 Å². The Balaban J connectivity index is 2.32. The number of nitrogens with one attached hydrogen (secondary N) is 1. The van der Waals surface area contributed by atoms with Crippen molar-refractivity contribution in [2.24, 2.45) is 5.41 Å². The van der Waals surface area contributed by atoms with E-state index in [4.69, 9.17) is 5.11 Å². The standard InChI is InChI=1S/C14H18N2O4/c1-14(2)7-3-4-12(14)15-10-6-5-9(13(17)18)8-11(10)16(19)20/h5-6,8,12,15H,3-4,7H2,1-2H3,(H,17,18). The van der Waals surface area contributed by atoms with Crippen LogP contribution in [0.25, 0.3) is 0 Å². The smallest absolute Gasteiger partial charge is 0.335 e. The van der Waals surface area contributed by atoms with Crippen LogP contribution in [-0.2, 0) is 0 Å². The number of hydrogen-bond donors (Lipinski definition) is 2. The van der Waals surface area contributed by atoms with Crippen LogP contribution in [0.4, 0.5) is 11.4 Å². The summed E-state index contributed by atoms with van der Waals surface area (Å²) >= 11 is 0. The quantitative estimate of drug-likeness (QED) is 0.651. The molecule has 1 saturated carbocycles. The Hall–Kier alpha value is -2.11. The lowest BCUT2D eigenvalue weighted by atomic mass is 9.87. The van der Waals surface area contributed by atoms with Crippen LogP contribution in [0.3, 0.4) is 0 Å². The zero-order valence-electron chi connectivity index (χ0n) is 11.5. The highest BCUT2D eigenvalue weighted by atomic mass is 16.6. The van der Waals surface area contributed by atoms with E-state index in [1.807, 2.05) is 0 Å². The summed E-state index contributed by atoms with van der Waals surface area (Å²) in [5, 5.41) is 23.2. The van der Waals surface area contributed by atoms with E-state index in [-0.39, 0.29) is 22.7 Å². The molecule has 1 unspecified atom stereocenters. The molecule has 1 atom stereocenters. The van der Waals surface area contributed by atoms with Gasteiger partial charge in [-0.05, 0) is 30.4 Å². The number of hydrogen-bond acceptors (Lipinski definition) is 4. The van der Waals surface area contributed by atoms with Gasteiger partial charge in [-0.15, -0.1) is 0 Å². The fourth-order valence-electron chi connectivity index (χ4n) is 2.72. The molecule has 1 aromatic carbocycles. The normalized spacial score (nSPS) is 20.6. The SMILES string of the molecule is CC1(C)CCCC1Nc1ccc(C(=O)O)cc1[N+](=O)[O-]. The van der Waals surface area contributed by atoms with Crippen molar-refractivity contribution in [3.8, 4) is 0 Å². The van der Waals surface area contributed by atoms with Crippen molar-refractivity contribution < 1.29 is 14.8 Å². The van der Waals surface area contributed by atoms with Gasteiger partial charge in [-0.2, -0.15) is 0 Å². The maximum absolute atomic E-state index is 11.1. The minimum atomic E-state index is -1.17. The van der Waals surface area contributed by atoms with Crippen LogP contribution < -0.4 is 5.32 Å². The summed E-state index contributed by atoms with van der Waals surface area (Å²) in [6.45, 7) is 4.27. The van der Waals surface area contributed by atoms with Crippen LogP contribution in [0.5, 0.6) is 0 Å². The fraction of sp³-hybridized carbons (Fsp3) is 0.500. The topological polar surface area (TPSA) is 92.5 Å². The third-order valence-electron chi connectivity index (χ3n) is 4.03. The highest BCUT2D eigenvalue weighted by Crippen LogP contribution is 2.40. The van der Waals surface area contributed by atoms with Gasteiger partial charge in [0, 0.05) is 12.1 Å². The van der Waals surface area contributed by atoms with E-state index in [1.54, 1.807) is 0 Å². The number of carboxylic acids is 1. The molecule has 0 heterocycles. The van der Waals surface area contributed by atoms with E-state index in [0.29, 0.717) is 5.69 Å². The van der Waals surface area contributed by atoms with E-state index in [1.165, 1.54) is 12.1 Å². The molecule has 108 valence electrons. The molecule has 0 aromatic heterocycles. The van der Waals surface area contributed by atoms with Crippen LogP contribution in [0, 0.1) is 15.5 Å². The summed E-state index contributed by atoms with van der Waals surface area (Å²) in [6, 6.07) is 4.14. The molecule has 20 heavy (non-hydrogen) atoms. The number of rotatable bonds is 4. The van der Waals surface area contributed by atoms with E-state index in [2.05, 4.69) is 19.2 Å². The van der Waals surface area contributed by atoms with Crippen molar-refractivity contribution in [1.82, 2.24) is 0 Å². The molecule has 0 spiro atoms. The minimum absolute atomic E-state index is 0.0760. The highest BCUT2D eigenvalue weighted by molar-refractivity contribution is 5.89. The zero-order chi connectivity index (χ0) is 14.9. The lowest BCUT2D eigenvalue weighted by Gasteiger charge is -2.28. The predicted molar refractivity (Wildman–Crippen MR) is 75.1 cm³/mol. The van der Waals surface area contributed by atoms with Gasteiger partial charge >= 0.3 is 5.97 Å². The Morgan fingerprint density at radius 2 is 2.20 bits per heavy atom. The number of anilines is 1. The number of carbonyl (C=O) groups is 1. The minimum Gasteiger partial charge on any atom is -0.478 e. The first kappa shape index (κ1) is 14.3. The average molecular weight is 278 g/mol. The molecule has 1 aliphatic rings. The molecule has 2 rings (SSSR count). The van der Waals surface area contributed by atoms with Gasteiger partial charge in [0.2, 0.25) is 0 Å². The van der Waals surface area contributed by atoms with Crippen LogP contribution >= 0.6 is 0 Å². The number of nitro benzene ring substituents is 1. The van der Waals surface area contributed by atoms with Crippen LogP contribution in [-0.4, -0.2) is 22.0 Å². The summed E-state index contributed by atoms with van der Waals surface area (Å²) in [7, 11) is 0. The number of aromatic carboxylic acids is 1. The van der Waals surface area contributed by atoms with Crippen molar-refractivity contribution in [3.63, 3.8) is 0 Å². The monoisotopic (exact) mass is 278 g/mol. The molecular formula is C14H18N2O4. The van der Waals surface area contributed by atoms with Gasteiger partial charge in [-0.3, -0.25) is 10.1 Å². The Bertz CT molecular complexity index is 554. The largest absolute Gasteiger partial charge is 0.478 e. The molecule has 0 bridgehead atoms. The summed E-state index contributed by atoms with van der Waals surface area (Å²) in [6.07, 6.45) is 3.13. The fourth-order valence-corrected chi connectivity index (χ4v) is 2.72. The van der Waals surface area contributed by atoms with E-state index < -0.39 is 10.9 Å². The lowest BCUT2D eigenvalue weighted by Crippen LogP contribution is -2.31. The third kappa shape index (κ3) is 2.74. The number of benzene rings is 1. The maximum atomic E-state index is 11.1. The molecule has 0 saturated heterocycles. The second kappa shape index (κ2) is 5.11. The third-order valence-corrected chi connectivity index (χ3v) is 4.03. The van der Waals surface area contributed by atoms with Crippen molar-refractivity contribution >= 4 is 17.3 Å². The van der Waals surface area contributed by atoms with Gasteiger partial charge < -0.3 is 10.4 Å². The molecule has 1 aromatic rings. The summed E-state index contributed by atoms with van der Waals surface area (Å²) in [4.78, 5) is 21.5. The number of nitro groups is 1. The first-order chi connectivity index (χ1) is 9.31. The van der Waals surface area contributed by atoms with Crippen molar-refractivity contribution in [1.29, 1.82) is 0 Å². The van der Waals surface area contributed by atoms with Crippen LogP contribution in [0.2, 0.25) is 0 Å². The van der Waals surface area contributed by atoms with Gasteiger partial charge in [0.05, 0.1) is 10.5 Å². The summed E-state index contributed by atoms with van der Waals surface area (Å²) in [5.74, 6) is -1.17. The Morgan fingerprint density at radius 3 is 2.70 bits per heavy atom. The second-order valence-electron chi connectivity index (χ2n) is 5.87. The van der Waals surface area contributed by atoms with Crippen LogP contribution in [0.1, 0.15) is 43.5 Å². The number of nitrogens with zero attached hydrogens (tertiary/aromatic N) is 1. The Morgan fingerprint density at radius 1 is 1.50 bits per heavy atom. The zero-order valence-corrected chi connectivity index (χ0v) is 11.5. The summed E-state index contributed by atoms with van der Waals surface area (Å²) in [5.41, 5.74) is 0.208. The van der Waals surface area contributed by atoms with Crippen molar-refractivity contribution in [3.05, 3.63) is 33.9 Å². The molecule has 1 aliphatic carbocycles. The van der Waals surface area contributed by atoms with Gasteiger partial charge in [0.1, 0.15) is 5.69 Å². The molecule has 6 nitrogen and oxygen atoms in total. The van der Waals surface area contributed by atoms with Gasteiger partial charge in [-0.25, -0.2) is 4.79 Å². The Kier molecular flexibility index (Phi) is 3.65. The van der Waals surface area contributed by atoms with E-state index in [9.17, 15) is 14.9 Å². The van der Waals surface area contributed by atoms with E-state index in [0.717, 1.165) is 25.3 Å². The van der Waals surface area contributed by atoms with Gasteiger partial charge in [0.25, 0.3) is 5.69 Å². The maximum Gasteiger partial charge on any atom is 0.335 e. The highest BCUT2D eigenvalue weighted by Gasteiger charge is 2.35. The lowest BCUT2D eigenvalue weighted by molar-refractivity contribution is -0.384.